The van der Waals surface area contributed by atoms with Crippen molar-refractivity contribution in [3.63, 3.8) is 0 Å². The van der Waals surface area contributed by atoms with Crippen LogP contribution >= 0.6 is 15.9 Å². The molecule has 1 aromatic heterocycles. The number of nitrogens with zero attached hydrogens (tertiary/aromatic N) is 1. The van der Waals surface area contributed by atoms with E-state index in [1.165, 1.54) is 18.4 Å². The van der Waals surface area contributed by atoms with Crippen molar-refractivity contribution in [2.24, 2.45) is 0 Å². The number of carbonyl (C=O) groups is 1. The minimum Gasteiger partial charge on any atom is -0.448 e. The average molecular weight is 314 g/mol. The van der Waals surface area contributed by atoms with Gasteiger partial charge in [0.1, 0.15) is 17.8 Å². The quantitative estimate of drug-likeness (QED) is 0.644. The molecule has 2 rings (SSSR count). The number of aromatic nitrogens is 1. The molecule has 0 aliphatic heterocycles. The highest BCUT2D eigenvalue weighted by molar-refractivity contribution is 9.10. The lowest BCUT2D eigenvalue weighted by molar-refractivity contribution is 0.0728. The van der Waals surface area contributed by atoms with Gasteiger partial charge in [0.05, 0.1) is 4.47 Å². The Bertz CT molecular complexity index is 582. The largest absolute Gasteiger partial charge is 0.448 e. The highest BCUT2D eigenvalue weighted by atomic mass is 79.9. The third kappa shape index (κ3) is 2.76. The number of ether oxygens (including phenoxy) is 1. The van der Waals surface area contributed by atoms with Crippen molar-refractivity contribution in [2.75, 3.05) is 0 Å². The summed E-state index contributed by atoms with van der Waals surface area (Å²) >= 11 is 3.01. The van der Waals surface area contributed by atoms with Crippen LogP contribution in [-0.4, -0.2) is 11.0 Å². The van der Waals surface area contributed by atoms with Gasteiger partial charge in [-0.05, 0) is 28.1 Å². The Morgan fingerprint density at radius 1 is 1.56 bits per heavy atom. The van der Waals surface area contributed by atoms with Crippen LogP contribution < -0.4 is 4.74 Å². The normalized spacial score (nSPS) is 10.4. The van der Waals surface area contributed by atoms with Gasteiger partial charge in [-0.1, -0.05) is 6.92 Å². The third-order valence-corrected chi connectivity index (χ3v) is 2.81. The lowest BCUT2D eigenvalue weighted by Gasteiger charge is -2.02. The van der Waals surface area contributed by atoms with Crippen molar-refractivity contribution in [3.05, 3.63) is 46.3 Å². The second-order valence-electron chi connectivity index (χ2n) is 3.45. The standard InChI is InChI=1S/C12H9BrFNO3/c1-2-11-15-10(6-17-11)12(16)18-7-3-4-8(13)9(14)5-7/h3-6H,2H2,1H3. The lowest BCUT2D eigenvalue weighted by atomic mass is 10.3. The Hall–Kier alpha value is -1.69. The molecular formula is C12H9BrFNO3. The summed E-state index contributed by atoms with van der Waals surface area (Å²) < 4.78 is 23.5. The van der Waals surface area contributed by atoms with Gasteiger partial charge in [-0.15, -0.1) is 0 Å². The fraction of sp³-hybridized carbons (Fsp3) is 0.167. The number of hydrogen-bond acceptors (Lipinski definition) is 4. The molecule has 0 atom stereocenters. The molecule has 0 unspecified atom stereocenters. The van der Waals surface area contributed by atoms with E-state index < -0.39 is 11.8 Å². The Labute approximate surface area is 111 Å². The highest BCUT2D eigenvalue weighted by Gasteiger charge is 2.14. The molecule has 0 fully saturated rings. The molecule has 6 heteroatoms. The summed E-state index contributed by atoms with van der Waals surface area (Å²) in [7, 11) is 0. The van der Waals surface area contributed by atoms with Crippen LogP contribution in [0.3, 0.4) is 0 Å². The molecule has 0 spiro atoms. The zero-order valence-electron chi connectivity index (χ0n) is 9.44. The second-order valence-corrected chi connectivity index (χ2v) is 4.30. The van der Waals surface area contributed by atoms with Gasteiger partial charge in [0.15, 0.2) is 11.6 Å². The molecular weight excluding hydrogens is 305 g/mol. The first-order chi connectivity index (χ1) is 8.60. The van der Waals surface area contributed by atoms with E-state index in [2.05, 4.69) is 20.9 Å². The number of hydrogen-bond donors (Lipinski definition) is 0. The summed E-state index contributed by atoms with van der Waals surface area (Å²) in [5, 5.41) is 0. The SMILES string of the molecule is CCc1nc(C(=O)Oc2ccc(Br)c(F)c2)co1. The summed E-state index contributed by atoms with van der Waals surface area (Å²) in [4.78, 5) is 15.6. The second kappa shape index (κ2) is 5.30. The van der Waals surface area contributed by atoms with Gasteiger partial charge in [0.25, 0.3) is 0 Å². The molecule has 0 N–H and O–H groups in total. The maximum atomic E-state index is 13.2. The van der Waals surface area contributed by atoms with E-state index in [0.29, 0.717) is 16.8 Å². The fourth-order valence-corrected chi connectivity index (χ4v) is 1.51. The molecule has 0 radical (unpaired) electrons. The van der Waals surface area contributed by atoms with Crippen LogP contribution in [0.5, 0.6) is 5.75 Å². The topological polar surface area (TPSA) is 52.3 Å². The van der Waals surface area contributed by atoms with Gasteiger partial charge >= 0.3 is 5.97 Å². The first kappa shape index (κ1) is 12.8. The predicted molar refractivity (Wildman–Crippen MR) is 64.9 cm³/mol. The van der Waals surface area contributed by atoms with Crippen molar-refractivity contribution >= 4 is 21.9 Å². The van der Waals surface area contributed by atoms with Crippen LogP contribution in [0.1, 0.15) is 23.3 Å². The fourth-order valence-electron chi connectivity index (χ4n) is 1.27. The number of oxazole rings is 1. The molecule has 1 aromatic carbocycles. The minimum absolute atomic E-state index is 0.0650. The highest BCUT2D eigenvalue weighted by Crippen LogP contribution is 2.21. The van der Waals surface area contributed by atoms with Crippen LogP contribution in [0.15, 0.2) is 33.4 Å². The first-order valence-corrected chi connectivity index (χ1v) is 6.01. The molecule has 0 saturated carbocycles. The smallest absolute Gasteiger partial charge is 0.365 e. The minimum atomic E-state index is -0.680. The summed E-state index contributed by atoms with van der Waals surface area (Å²) in [5.41, 5.74) is 0.0650. The van der Waals surface area contributed by atoms with Gasteiger partial charge in [-0.2, -0.15) is 0 Å². The summed E-state index contributed by atoms with van der Waals surface area (Å²) in [5.74, 6) is -0.624. The number of benzene rings is 1. The number of rotatable bonds is 3. The van der Waals surface area contributed by atoms with Gasteiger partial charge in [-0.3, -0.25) is 0 Å². The first-order valence-electron chi connectivity index (χ1n) is 5.21. The van der Waals surface area contributed by atoms with E-state index in [4.69, 9.17) is 9.15 Å². The molecule has 1 heterocycles. The van der Waals surface area contributed by atoms with Crippen molar-refractivity contribution in [2.45, 2.75) is 13.3 Å². The van der Waals surface area contributed by atoms with Crippen LogP contribution in [0.4, 0.5) is 4.39 Å². The Kier molecular flexibility index (Phi) is 3.76. The summed E-state index contributed by atoms with van der Waals surface area (Å²) in [6, 6.07) is 4.05. The van der Waals surface area contributed by atoms with Crippen LogP contribution in [0.25, 0.3) is 0 Å². The number of esters is 1. The predicted octanol–water partition coefficient (Wildman–Crippen LogP) is 3.36. The molecule has 18 heavy (non-hydrogen) atoms. The number of aryl methyl sites for hydroxylation is 1. The van der Waals surface area contributed by atoms with Crippen molar-refractivity contribution in [1.29, 1.82) is 0 Å². The molecule has 0 bridgehead atoms. The van der Waals surface area contributed by atoms with Gasteiger partial charge in [0.2, 0.25) is 0 Å². The molecule has 0 amide bonds. The zero-order chi connectivity index (χ0) is 13.1. The lowest BCUT2D eigenvalue weighted by Crippen LogP contribution is -2.09. The average Bonchev–Trinajstić information content (AvgIpc) is 2.82. The number of carbonyl (C=O) groups excluding carboxylic acids is 1. The van der Waals surface area contributed by atoms with Gasteiger partial charge in [0, 0.05) is 12.5 Å². The molecule has 2 aromatic rings. The molecule has 0 saturated heterocycles. The monoisotopic (exact) mass is 313 g/mol. The van der Waals surface area contributed by atoms with Crippen molar-refractivity contribution < 1.29 is 18.3 Å². The van der Waals surface area contributed by atoms with Crippen LogP contribution in [0, 0.1) is 5.82 Å². The number of halogens is 2. The van der Waals surface area contributed by atoms with E-state index in [1.807, 2.05) is 6.92 Å². The zero-order valence-corrected chi connectivity index (χ0v) is 11.0. The van der Waals surface area contributed by atoms with E-state index in [0.717, 1.165) is 6.07 Å². The molecule has 94 valence electrons. The maximum Gasteiger partial charge on any atom is 0.365 e. The Morgan fingerprint density at radius 2 is 2.33 bits per heavy atom. The van der Waals surface area contributed by atoms with Crippen LogP contribution in [-0.2, 0) is 6.42 Å². The Balaban J connectivity index is 2.13. The van der Waals surface area contributed by atoms with E-state index in [9.17, 15) is 9.18 Å². The Morgan fingerprint density at radius 3 is 2.94 bits per heavy atom. The van der Waals surface area contributed by atoms with Crippen molar-refractivity contribution in [1.82, 2.24) is 4.98 Å². The maximum absolute atomic E-state index is 13.2. The van der Waals surface area contributed by atoms with E-state index in [1.54, 1.807) is 0 Å². The molecule has 0 aliphatic carbocycles. The van der Waals surface area contributed by atoms with Gasteiger partial charge < -0.3 is 9.15 Å². The van der Waals surface area contributed by atoms with Gasteiger partial charge in [-0.25, -0.2) is 14.2 Å². The van der Waals surface area contributed by atoms with Crippen LogP contribution in [0.2, 0.25) is 0 Å². The third-order valence-electron chi connectivity index (χ3n) is 2.16. The van der Waals surface area contributed by atoms with E-state index in [-0.39, 0.29) is 11.4 Å². The molecule has 4 nitrogen and oxygen atoms in total. The summed E-state index contributed by atoms with van der Waals surface area (Å²) in [6.45, 7) is 1.85. The van der Waals surface area contributed by atoms with Crippen molar-refractivity contribution in [3.8, 4) is 5.75 Å². The summed E-state index contributed by atoms with van der Waals surface area (Å²) in [6.07, 6.45) is 1.80. The van der Waals surface area contributed by atoms with E-state index >= 15 is 0 Å². The molecule has 0 aliphatic rings.